The second-order valence-corrected chi connectivity index (χ2v) is 6.38. The van der Waals surface area contributed by atoms with Crippen molar-refractivity contribution in [1.82, 2.24) is 4.90 Å². The number of hydrogen-bond donors (Lipinski definition) is 0. The lowest BCUT2D eigenvalue weighted by atomic mass is 10.1. The molecule has 1 aromatic rings. The molecular formula is C15H23BrN2O. The van der Waals surface area contributed by atoms with Crippen LogP contribution in [0, 0.1) is 5.92 Å². The van der Waals surface area contributed by atoms with Crippen LogP contribution in [-0.2, 0) is 0 Å². The van der Waals surface area contributed by atoms with Crippen LogP contribution in [0.25, 0.3) is 0 Å². The molecular weight excluding hydrogens is 304 g/mol. The Hall–Kier alpha value is -0.870. The Balaban J connectivity index is 3.00. The summed E-state index contributed by atoms with van der Waals surface area (Å²) in [6.45, 7) is 7.23. The van der Waals surface area contributed by atoms with Crippen molar-refractivity contribution in [3.8, 4) is 0 Å². The third-order valence-corrected chi connectivity index (χ3v) is 3.36. The molecule has 3 nitrogen and oxygen atoms in total. The van der Waals surface area contributed by atoms with Gasteiger partial charge in [0.2, 0.25) is 0 Å². The molecule has 0 atom stereocenters. The van der Waals surface area contributed by atoms with E-state index >= 15 is 0 Å². The van der Waals surface area contributed by atoms with Crippen LogP contribution in [0.15, 0.2) is 22.7 Å². The van der Waals surface area contributed by atoms with Gasteiger partial charge in [-0.1, -0.05) is 29.8 Å². The fourth-order valence-corrected chi connectivity index (χ4v) is 2.31. The van der Waals surface area contributed by atoms with Gasteiger partial charge in [0, 0.05) is 35.4 Å². The molecule has 0 saturated carbocycles. The molecule has 0 saturated heterocycles. The highest BCUT2D eigenvalue weighted by atomic mass is 79.9. The Morgan fingerprint density at radius 3 is 2.47 bits per heavy atom. The Labute approximate surface area is 124 Å². The van der Waals surface area contributed by atoms with Gasteiger partial charge < -0.3 is 9.80 Å². The number of halogens is 1. The maximum absolute atomic E-state index is 11.2. The smallest absolute Gasteiger partial charge is 0.152 e. The second-order valence-electron chi connectivity index (χ2n) is 5.46. The molecule has 0 aliphatic carbocycles. The van der Waals surface area contributed by atoms with Gasteiger partial charge >= 0.3 is 0 Å². The molecule has 0 aromatic heterocycles. The van der Waals surface area contributed by atoms with Gasteiger partial charge in [0.05, 0.1) is 0 Å². The SMILES string of the molecule is CC(C)CN(CCN(C)C)c1cc(Br)ccc1C=O. The number of nitrogens with zero attached hydrogens (tertiary/aromatic N) is 2. The predicted molar refractivity (Wildman–Crippen MR) is 85.1 cm³/mol. The Kier molecular flexibility index (Phi) is 6.52. The standard InChI is InChI=1S/C15H23BrN2O/c1-12(2)10-18(8-7-17(3)4)15-9-14(16)6-5-13(15)11-19/h5-6,9,11-12H,7-8,10H2,1-4H3. The average Bonchev–Trinajstić information content (AvgIpc) is 2.33. The van der Waals surface area contributed by atoms with Crippen LogP contribution in [0.3, 0.4) is 0 Å². The molecule has 0 radical (unpaired) electrons. The van der Waals surface area contributed by atoms with Crippen LogP contribution in [0.2, 0.25) is 0 Å². The number of carbonyl (C=O) groups excluding carboxylic acids is 1. The molecule has 0 amide bonds. The van der Waals surface area contributed by atoms with E-state index in [0.717, 1.165) is 41.6 Å². The lowest BCUT2D eigenvalue weighted by Crippen LogP contribution is -2.35. The van der Waals surface area contributed by atoms with Crippen molar-refractivity contribution in [2.24, 2.45) is 5.92 Å². The number of likely N-dealkylation sites (N-methyl/N-ethyl adjacent to an activating group) is 1. The van der Waals surface area contributed by atoms with Crippen molar-refractivity contribution >= 4 is 27.9 Å². The van der Waals surface area contributed by atoms with Crippen LogP contribution in [0.1, 0.15) is 24.2 Å². The number of anilines is 1. The minimum Gasteiger partial charge on any atom is -0.369 e. The van der Waals surface area contributed by atoms with Crippen LogP contribution in [0.5, 0.6) is 0 Å². The molecule has 0 fully saturated rings. The van der Waals surface area contributed by atoms with E-state index in [9.17, 15) is 4.79 Å². The molecule has 4 heteroatoms. The molecule has 0 unspecified atom stereocenters. The molecule has 19 heavy (non-hydrogen) atoms. The van der Waals surface area contributed by atoms with Gasteiger partial charge in [-0.25, -0.2) is 0 Å². The number of carbonyl (C=O) groups is 1. The third-order valence-electron chi connectivity index (χ3n) is 2.86. The van der Waals surface area contributed by atoms with Crippen molar-refractivity contribution in [2.45, 2.75) is 13.8 Å². The molecule has 0 N–H and O–H groups in total. The van der Waals surface area contributed by atoms with Crippen LogP contribution in [0.4, 0.5) is 5.69 Å². The molecule has 0 aliphatic rings. The zero-order valence-corrected chi connectivity index (χ0v) is 13.8. The van der Waals surface area contributed by atoms with Gasteiger partial charge in [0.25, 0.3) is 0 Å². The van der Waals surface area contributed by atoms with E-state index in [1.54, 1.807) is 0 Å². The lowest BCUT2D eigenvalue weighted by molar-refractivity contribution is 0.112. The zero-order valence-electron chi connectivity index (χ0n) is 12.2. The maximum atomic E-state index is 11.2. The van der Waals surface area contributed by atoms with Crippen molar-refractivity contribution in [3.63, 3.8) is 0 Å². The van der Waals surface area contributed by atoms with Crippen molar-refractivity contribution in [1.29, 1.82) is 0 Å². The summed E-state index contributed by atoms with van der Waals surface area (Å²) in [5.74, 6) is 0.556. The minimum atomic E-state index is 0.556. The summed E-state index contributed by atoms with van der Waals surface area (Å²) in [5, 5.41) is 0. The molecule has 1 rings (SSSR count). The average molecular weight is 327 g/mol. The molecule has 0 bridgehead atoms. The van der Waals surface area contributed by atoms with E-state index in [-0.39, 0.29) is 0 Å². The van der Waals surface area contributed by atoms with Gasteiger partial charge in [-0.2, -0.15) is 0 Å². The Morgan fingerprint density at radius 2 is 1.95 bits per heavy atom. The summed E-state index contributed by atoms with van der Waals surface area (Å²) in [7, 11) is 4.13. The monoisotopic (exact) mass is 326 g/mol. The fourth-order valence-electron chi connectivity index (χ4n) is 1.96. The lowest BCUT2D eigenvalue weighted by Gasteiger charge is -2.29. The molecule has 0 aliphatic heterocycles. The first-order valence-corrected chi connectivity index (χ1v) is 7.37. The topological polar surface area (TPSA) is 23.6 Å². The van der Waals surface area contributed by atoms with E-state index < -0.39 is 0 Å². The summed E-state index contributed by atoms with van der Waals surface area (Å²) < 4.78 is 1.01. The number of benzene rings is 1. The van der Waals surface area contributed by atoms with Gasteiger partial charge in [-0.05, 0) is 38.2 Å². The highest BCUT2D eigenvalue weighted by Gasteiger charge is 2.13. The predicted octanol–water partition coefficient (Wildman–Crippen LogP) is 3.29. The maximum Gasteiger partial charge on any atom is 0.152 e. The number of hydrogen-bond acceptors (Lipinski definition) is 3. The van der Waals surface area contributed by atoms with Crippen molar-refractivity contribution in [3.05, 3.63) is 28.2 Å². The summed E-state index contributed by atoms with van der Waals surface area (Å²) in [5.41, 5.74) is 1.77. The zero-order chi connectivity index (χ0) is 14.4. The summed E-state index contributed by atoms with van der Waals surface area (Å²) in [6, 6.07) is 5.81. The Bertz CT molecular complexity index is 419. The summed E-state index contributed by atoms with van der Waals surface area (Å²) >= 11 is 3.49. The third kappa shape index (κ3) is 5.33. The second kappa shape index (κ2) is 7.65. The van der Waals surface area contributed by atoms with Crippen LogP contribution < -0.4 is 4.90 Å². The number of aldehydes is 1. The van der Waals surface area contributed by atoms with E-state index in [1.807, 2.05) is 18.2 Å². The van der Waals surface area contributed by atoms with Gasteiger partial charge in [0.1, 0.15) is 0 Å². The first-order chi connectivity index (χ1) is 8.93. The summed E-state index contributed by atoms with van der Waals surface area (Å²) in [6.07, 6.45) is 0.935. The van der Waals surface area contributed by atoms with Gasteiger partial charge in [-0.3, -0.25) is 4.79 Å². The first kappa shape index (κ1) is 16.2. The van der Waals surface area contributed by atoms with E-state index in [4.69, 9.17) is 0 Å². The molecule has 0 heterocycles. The van der Waals surface area contributed by atoms with E-state index in [2.05, 4.69) is 53.7 Å². The largest absolute Gasteiger partial charge is 0.369 e. The normalized spacial score (nSPS) is 11.1. The Morgan fingerprint density at radius 1 is 1.26 bits per heavy atom. The van der Waals surface area contributed by atoms with E-state index in [0.29, 0.717) is 5.92 Å². The highest BCUT2D eigenvalue weighted by Crippen LogP contribution is 2.25. The number of rotatable bonds is 7. The summed E-state index contributed by atoms with van der Waals surface area (Å²) in [4.78, 5) is 15.7. The highest BCUT2D eigenvalue weighted by molar-refractivity contribution is 9.10. The molecule has 0 spiro atoms. The van der Waals surface area contributed by atoms with Crippen molar-refractivity contribution < 1.29 is 4.79 Å². The van der Waals surface area contributed by atoms with Gasteiger partial charge in [0.15, 0.2) is 6.29 Å². The molecule has 106 valence electrons. The van der Waals surface area contributed by atoms with Gasteiger partial charge in [-0.15, -0.1) is 0 Å². The molecule has 1 aromatic carbocycles. The fraction of sp³-hybridized carbons (Fsp3) is 0.533. The minimum absolute atomic E-state index is 0.556. The van der Waals surface area contributed by atoms with Crippen molar-refractivity contribution in [2.75, 3.05) is 38.6 Å². The van der Waals surface area contributed by atoms with Crippen LogP contribution in [-0.4, -0.2) is 44.9 Å². The first-order valence-electron chi connectivity index (χ1n) is 6.58. The quantitative estimate of drug-likeness (QED) is 0.718. The van der Waals surface area contributed by atoms with E-state index in [1.165, 1.54) is 0 Å². The van der Waals surface area contributed by atoms with Crippen LogP contribution >= 0.6 is 15.9 Å².